The van der Waals surface area contributed by atoms with Crippen LogP contribution in [0, 0.1) is 0 Å². The number of thiophene rings is 1. The highest BCUT2D eigenvalue weighted by molar-refractivity contribution is 7.26. The standard InChI is InChI=1S/C14H4Cl2F6S/c15-8-2-1-5-6-3-7(13(17,18)19)9(16)4-10(6)23-12(5)11(8)14(20,21)22/h1-4H. The van der Waals surface area contributed by atoms with Crippen molar-refractivity contribution in [2.45, 2.75) is 12.4 Å². The normalized spacial score (nSPS) is 13.2. The summed E-state index contributed by atoms with van der Waals surface area (Å²) in [6.45, 7) is 0. The number of fused-ring (bicyclic) bond motifs is 3. The van der Waals surface area contributed by atoms with Gasteiger partial charge in [-0.05, 0) is 18.2 Å². The molecule has 0 fully saturated rings. The molecule has 0 nitrogen and oxygen atoms in total. The topological polar surface area (TPSA) is 0 Å². The number of benzene rings is 2. The van der Waals surface area contributed by atoms with E-state index < -0.39 is 33.5 Å². The van der Waals surface area contributed by atoms with Crippen molar-refractivity contribution in [1.82, 2.24) is 0 Å². The zero-order valence-electron chi connectivity index (χ0n) is 10.7. The molecule has 122 valence electrons. The maximum atomic E-state index is 13.2. The van der Waals surface area contributed by atoms with Crippen LogP contribution in [0.3, 0.4) is 0 Å². The van der Waals surface area contributed by atoms with E-state index in [0.29, 0.717) is 11.3 Å². The van der Waals surface area contributed by atoms with Crippen molar-refractivity contribution in [2.75, 3.05) is 0 Å². The molecule has 0 aliphatic carbocycles. The lowest BCUT2D eigenvalue weighted by molar-refractivity contribution is -0.137. The van der Waals surface area contributed by atoms with Crippen molar-refractivity contribution in [3.05, 3.63) is 45.4 Å². The minimum atomic E-state index is -4.71. The van der Waals surface area contributed by atoms with Crippen LogP contribution in [0.25, 0.3) is 20.2 Å². The third-order valence-electron chi connectivity index (χ3n) is 3.27. The Kier molecular flexibility index (Phi) is 3.74. The molecular formula is C14H4Cl2F6S. The number of hydrogen-bond donors (Lipinski definition) is 0. The molecule has 3 aromatic rings. The van der Waals surface area contributed by atoms with Crippen LogP contribution in [-0.2, 0) is 12.4 Å². The summed E-state index contributed by atoms with van der Waals surface area (Å²) in [4.78, 5) is 0. The maximum Gasteiger partial charge on any atom is 0.419 e. The van der Waals surface area contributed by atoms with Crippen LogP contribution in [0.1, 0.15) is 11.1 Å². The second kappa shape index (κ2) is 5.16. The summed E-state index contributed by atoms with van der Waals surface area (Å²) in [6.07, 6.45) is -9.41. The van der Waals surface area contributed by atoms with Crippen molar-refractivity contribution >= 4 is 54.7 Å². The highest BCUT2D eigenvalue weighted by Gasteiger charge is 2.37. The van der Waals surface area contributed by atoms with Gasteiger partial charge in [0.15, 0.2) is 0 Å². The fourth-order valence-corrected chi connectivity index (χ4v) is 4.27. The number of alkyl halides is 6. The van der Waals surface area contributed by atoms with Crippen molar-refractivity contribution in [2.24, 2.45) is 0 Å². The van der Waals surface area contributed by atoms with Crippen molar-refractivity contribution in [1.29, 1.82) is 0 Å². The SMILES string of the molecule is FC(F)(F)c1cc2c(cc1Cl)sc1c(C(F)(F)F)c(Cl)ccc12. The molecule has 0 unspecified atom stereocenters. The molecule has 2 aromatic carbocycles. The Morgan fingerprint density at radius 3 is 2.00 bits per heavy atom. The zero-order chi connectivity index (χ0) is 17.2. The largest absolute Gasteiger partial charge is 0.419 e. The summed E-state index contributed by atoms with van der Waals surface area (Å²) >= 11 is 12.0. The van der Waals surface area contributed by atoms with E-state index in [0.717, 1.165) is 18.2 Å². The monoisotopic (exact) mass is 388 g/mol. The number of hydrogen-bond acceptors (Lipinski definition) is 1. The Morgan fingerprint density at radius 2 is 1.43 bits per heavy atom. The third-order valence-corrected chi connectivity index (χ3v) is 5.08. The molecule has 0 bridgehead atoms. The molecule has 0 saturated heterocycles. The molecule has 23 heavy (non-hydrogen) atoms. The third kappa shape index (κ3) is 2.75. The van der Waals surface area contributed by atoms with E-state index in [-0.39, 0.29) is 20.2 Å². The van der Waals surface area contributed by atoms with E-state index >= 15 is 0 Å². The van der Waals surface area contributed by atoms with Gasteiger partial charge in [-0.15, -0.1) is 11.3 Å². The average molecular weight is 389 g/mol. The molecule has 1 heterocycles. The lowest BCUT2D eigenvalue weighted by Gasteiger charge is -2.10. The smallest absolute Gasteiger partial charge is 0.166 e. The van der Waals surface area contributed by atoms with Gasteiger partial charge in [0.2, 0.25) is 0 Å². The van der Waals surface area contributed by atoms with E-state index in [1.54, 1.807) is 0 Å². The highest BCUT2D eigenvalue weighted by Crippen LogP contribution is 2.47. The first-order chi connectivity index (χ1) is 10.5. The van der Waals surface area contributed by atoms with Gasteiger partial charge in [0.1, 0.15) is 0 Å². The highest BCUT2D eigenvalue weighted by atomic mass is 35.5. The summed E-state index contributed by atoms with van der Waals surface area (Å²) in [5.41, 5.74) is -2.14. The van der Waals surface area contributed by atoms with E-state index in [4.69, 9.17) is 23.2 Å². The van der Waals surface area contributed by atoms with Crippen LogP contribution in [-0.4, -0.2) is 0 Å². The summed E-state index contributed by atoms with van der Waals surface area (Å²) < 4.78 is 78.3. The van der Waals surface area contributed by atoms with Crippen LogP contribution in [0.2, 0.25) is 10.0 Å². The van der Waals surface area contributed by atoms with Crippen LogP contribution < -0.4 is 0 Å². The molecule has 0 radical (unpaired) electrons. The molecular weight excluding hydrogens is 385 g/mol. The van der Waals surface area contributed by atoms with Gasteiger partial charge >= 0.3 is 12.4 Å². The predicted octanol–water partition coefficient (Wildman–Crippen LogP) is 7.40. The van der Waals surface area contributed by atoms with E-state index in [9.17, 15) is 26.3 Å². The van der Waals surface area contributed by atoms with Gasteiger partial charge < -0.3 is 0 Å². The van der Waals surface area contributed by atoms with Gasteiger partial charge in [-0.3, -0.25) is 0 Å². The number of rotatable bonds is 0. The molecule has 0 N–H and O–H groups in total. The second-order valence-corrected chi connectivity index (χ2v) is 6.59. The first-order valence-corrected chi connectivity index (χ1v) is 7.56. The molecule has 0 aliphatic rings. The summed E-state index contributed by atoms with van der Waals surface area (Å²) in [6, 6.07) is 4.10. The van der Waals surface area contributed by atoms with Crippen LogP contribution >= 0.6 is 34.5 Å². The predicted molar refractivity (Wildman–Crippen MR) is 79.4 cm³/mol. The van der Waals surface area contributed by atoms with Crippen LogP contribution in [0.5, 0.6) is 0 Å². The second-order valence-electron chi connectivity index (χ2n) is 4.72. The Hall–Kier alpha value is -1.18. The molecule has 0 saturated carbocycles. The van der Waals surface area contributed by atoms with Gasteiger partial charge in [0, 0.05) is 20.2 Å². The Bertz CT molecular complexity index is 923. The Balaban J connectivity index is 2.45. The first kappa shape index (κ1) is 16.7. The molecule has 0 amide bonds. The fourth-order valence-electron chi connectivity index (χ4n) is 2.32. The minimum Gasteiger partial charge on any atom is -0.166 e. The van der Waals surface area contributed by atoms with E-state index in [1.807, 2.05) is 0 Å². The summed E-state index contributed by atoms with van der Waals surface area (Å²) in [5, 5.41) is -0.942. The van der Waals surface area contributed by atoms with E-state index in [1.165, 1.54) is 6.07 Å². The van der Waals surface area contributed by atoms with Crippen LogP contribution in [0.15, 0.2) is 24.3 Å². The van der Waals surface area contributed by atoms with Crippen molar-refractivity contribution in [3.8, 4) is 0 Å². The average Bonchev–Trinajstić information content (AvgIpc) is 2.71. The maximum absolute atomic E-state index is 13.2. The summed E-state index contributed by atoms with van der Waals surface area (Å²) in [7, 11) is 0. The van der Waals surface area contributed by atoms with Gasteiger partial charge in [-0.1, -0.05) is 29.3 Å². The van der Waals surface area contributed by atoms with Crippen molar-refractivity contribution in [3.63, 3.8) is 0 Å². The fraction of sp³-hybridized carbons (Fsp3) is 0.143. The molecule has 9 heteroatoms. The Morgan fingerprint density at radius 1 is 0.783 bits per heavy atom. The van der Waals surface area contributed by atoms with Gasteiger partial charge in [-0.2, -0.15) is 26.3 Å². The van der Waals surface area contributed by atoms with Gasteiger partial charge in [0.25, 0.3) is 0 Å². The summed E-state index contributed by atoms with van der Waals surface area (Å²) in [5.74, 6) is 0. The molecule has 1 aromatic heterocycles. The quantitative estimate of drug-likeness (QED) is 0.352. The lowest BCUT2D eigenvalue weighted by atomic mass is 10.1. The van der Waals surface area contributed by atoms with Gasteiger partial charge in [0.05, 0.1) is 21.2 Å². The number of halogens is 8. The van der Waals surface area contributed by atoms with Crippen LogP contribution in [0.4, 0.5) is 26.3 Å². The molecule has 3 rings (SSSR count). The molecule has 0 aliphatic heterocycles. The first-order valence-electron chi connectivity index (χ1n) is 5.99. The van der Waals surface area contributed by atoms with Crippen molar-refractivity contribution < 1.29 is 26.3 Å². The zero-order valence-corrected chi connectivity index (χ0v) is 13.1. The van der Waals surface area contributed by atoms with E-state index in [2.05, 4.69) is 0 Å². The molecule has 0 spiro atoms. The molecule has 0 atom stereocenters. The minimum absolute atomic E-state index is 0.0592. The lowest BCUT2D eigenvalue weighted by Crippen LogP contribution is -2.06. The van der Waals surface area contributed by atoms with Gasteiger partial charge in [-0.25, -0.2) is 0 Å². The Labute approximate surface area is 139 Å².